The summed E-state index contributed by atoms with van der Waals surface area (Å²) in [5.74, 6) is 0. The minimum Gasteiger partial charge on any atom is -0.315 e. The SMILES string of the molecule is c1ccc2c(c1)CCCN(C1CCCCNC1)C2. The van der Waals surface area contributed by atoms with E-state index in [2.05, 4.69) is 34.5 Å². The van der Waals surface area contributed by atoms with Gasteiger partial charge in [-0.25, -0.2) is 0 Å². The Kier molecular flexibility index (Phi) is 3.96. The summed E-state index contributed by atoms with van der Waals surface area (Å²) in [5, 5.41) is 3.60. The van der Waals surface area contributed by atoms with Gasteiger partial charge in [0.2, 0.25) is 0 Å². The van der Waals surface area contributed by atoms with Crippen molar-refractivity contribution in [3.63, 3.8) is 0 Å². The summed E-state index contributed by atoms with van der Waals surface area (Å²) in [4.78, 5) is 2.71. The van der Waals surface area contributed by atoms with Crippen molar-refractivity contribution < 1.29 is 0 Å². The molecule has 0 spiro atoms. The molecule has 2 heteroatoms. The third-order valence-electron chi connectivity index (χ3n) is 4.42. The van der Waals surface area contributed by atoms with Crippen LogP contribution in [0.1, 0.15) is 36.8 Å². The van der Waals surface area contributed by atoms with Gasteiger partial charge >= 0.3 is 0 Å². The zero-order valence-corrected chi connectivity index (χ0v) is 11.2. The van der Waals surface area contributed by atoms with Gasteiger partial charge in [0, 0.05) is 19.1 Å². The number of nitrogens with one attached hydrogen (secondary N) is 1. The summed E-state index contributed by atoms with van der Waals surface area (Å²) < 4.78 is 0. The van der Waals surface area contributed by atoms with Crippen LogP contribution in [0.25, 0.3) is 0 Å². The smallest absolute Gasteiger partial charge is 0.0239 e. The highest BCUT2D eigenvalue weighted by molar-refractivity contribution is 5.28. The predicted molar refractivity (Wildman–Crippen MR) is 75.7 cm³/mol. The van der Waals surface area contributed by atoms with Crippen molar-refractivity contribution in [1.29, 1.82) is 0 Å². The van der Waals surface area contributed by atoms with Gasteiger partial charge in [-0.1, -0.05) is 30.7 Å². The number of hydrogen-bond acceptors (Lipinski definition) is 2. The quantitative estimate of drug-likeness (QED) is 0.817. The molecule has 1 aromatic rings. The molecular formula is C16H24N2. The lowest BCUT2D eigenvalue weighted by molar-refractivity contribution is 0.181. The van der Waals surface area contributed by atoms with E-state index in [0.29, 0.717) is 0 Å². The molecule has 3 rings (SSSR count). The first kappa shape index (κ1) is 12.2. The highest BCUT2D eigenvalue weighted by atomic mass is 15.2. The van der Waals surface area contributed by atoms with Gasteiger partial charge in [0.25, 0.3) is 0 Å². The zero-order valence-electron chi connectivity index (χ0n) is 11.2. The summed E-state index contributed by atoms with van der Waals surface area (Å²) in [7, 11) is 0. The van der Waals surface area contributed by atoms with Gasteiger partial charge in [0.1, 0.15) is 0 Å². The second-order valence-corrected chi connectivity index (χ2v) is 5.70. The van der Waals surface area contributed by atoms with Gasteiger partial charge in [0.15, 0.2) is 0 Å². The summed E-state index contributed by atoms with van der Waals surface area (Å²) in [6.07, 6.45) is 6.67. The summed E-state index contributed by atoms with van der Waals surface area (Å²) in [5.41, 5.74) is 3.13. The Bertz CT molecular complexity index is 380. The first-order valence-electron chi connectivity index (χ1n) is 7.45. The van der Waals surface area contributed by atoms with E-state index in [1.165, 1.54) is 51.7 Å². The average Bonchev–Trinajstić information content (AvgIpc) is 2.79. The Hall–Kier alpha value is -0.860. The fourth-order valence-electron chi connectivity index (χ4n) is 3.35. The monoisotopic (exact) mass is 244 g/mol. The highest BCUT2D eigenvalue weighted by Crippen LogP contribution is 2.22. The molecular weight excluding hydrogens is 220 g/mol. The first-order valence-corrected chi connectivity index (χ1v) is 7.45. The number of aryl methyl sites for hydroxylation is 1. The molecule has 18 heavy (non-hydrogen) atoms. The summed E-state index contributed by atoms with van der Waals surface area (Å²) in [6, 6.07) is 9.75. The molecule has 1 unspecified atom stereocenters. The Morgan fingerprint density at radius 3 is 2.89 bits per heavy atom. The Morgan fingerprint density at radius 1 is 1.06 bits per heavy atom. The van der Waals surface area contributed by atoms with Crippen molar-refractivity contribution in [2.45, 2.75) is 44.7 Å². The maximum Gasteiger partial charge on any atom is 0.0239 e. The van der Waals surface area contributed by atoms with Crippen LogP contribution in [0.2, 0.25) is 0 Å². The van der Waals surface area contributed by atoms with Gasteiger partial charge < -0.3 is 5.32 Å². The van der Waals surface area contributed by atoms with Crippen molar-refractivity contribution in [3.05, 3.63) is 35.4 Å². The first-order chi connectivity index (χ1) is 8.93. The molecule has 1 fully saturated rings. The van der Waals surface area contributed by atoms with Crippen molar-refractivity contribution in [1.82, 2.24) is 10.2 Å². The Balaban J connectivity index is 1.73. The van der Waals surface area contributed by atoms with Crippen molar-refractivity contribution in [2.24, 2.45) is 0 Å². The zero-order chi connectivity index (χ0) is 12.2. The summed E-state index contributed by atoms with van der Waals surface area (Å²) >= 11 is 0. The molecule has 2 heterocycles. The lowest BCUT2D eigenvalue weighted by Gasteiger charge is -2.30. The van der Waals surface area contributed by atoms with Crippen LogP contribution in [0, 0.1) is 0 Å². The molecule has 2 nitrogen and oxygen atoms in total. The molecule has 1 atom stereocenters. The number of rotatable bonds is 1. The number of benzene rings is 1. The molecule has 2 aliphatic heterocycles. The normalized spacial score (nSPS) is 26.1. The van der Waals surface area contributed by atoms with E-state index >= 15 is 0 Å². The molecule has 0 radical (unpaired) electrons. The topological polar surface area (TPSA) is 15.3 Å². The molecule has 1 N–H and O–H groups in total. The third-order valence-corrected chi connectivity index (χ3v) is 4.42. The molecule has 2 aliphatic rings. The Labute approximate surface area is 110 Å². The molecule has 0 aliphatic carbocycles. The van der Waals surface area contributed by atoms with Crippen LogP contribution in [0.5, 0.6) is 0 Å². The minimum atomic E-state index is 0.749. The fraction of sp³-hybridized carbons (Fsp3) is 0.625. The van der Waals surface area contributed by atoms with Crippen LogP contribution < -0.4 is 5.32 Å². The maximum atomic E-state index is 3.60. The molecule has 1 aromatic carbocycles. The molecule has 1 saturated heterocycles. The van der Waals surface area contributed by atoms with Gasteiger partial charge in [-0.05, 0) is 49.9 Å². The maximum absolute atomic E-state index is 3.60. The number of fused-ring (bicyclic) bond motifs is 1. The van der Waals surface area contributed by atoms with E-state index < -0.39 is 0 Å². The van der Waals surface area contributed by atoms with Gasteiger partial charge in [-0.3, -0.25) is 4.90 Å². The molecule has 0 bridgehead atoms. The lowest BCUT2D eigenvalue weighted by Crippen LogP contribution is -2.41. The third kappa shape index (κ3) is 2.76. The van der Waals surface area contributed by atoms with Crippen LogP contribution >= 0.6 is 0 Å². The molecule has 0 saturated carbocycles. The highest BCUT2D eigenvalue weighted by Gasteiger charge is 2.22. The van der Waals surface area contributed by atoms with E-state index in [1.54, 1.807) is 11.1 Å². The van der Waals surface area contributed by atoms with E-state index in [1.807, 2.05) is 0 Å². The largest absolute Gasteiger partial charge is 0.315 e. The van der Waals surface area contributed by atoms with Crippen LogP contribution in [0.4, 0.5) is 0 Å². The van der Waals surface area contributed by atoms with Crippen LogP contribution in [-0.4, -0.2) is 30.6 Å². The second kappa shape index (κ2) is 5.85. The van der Waals surface area contributed by atoms with Gasteiger partial charge in [-0.2, -0.15) is 0 Å². The average molecular weight is 244 g/mol. The van der Waals surface area contributed by atoms with Gasteiger partial charge in [-0.15, -0.1) is 0 Å². The second-order valence-electron chi connectivity index (χ2n) is 5.70. The molecule has 0 amide bonds. The number of nitrogens with zero attached hydrogens (tertiary/aromatic N) is 1. The lowest BCUT2D eigenvalue weighted by atomic mass is 10.0. The van der Waals surface area contributed by atoms with Crippen LogP contribution in [0.3, 0.4) is 0 Å². The molecule has 0 aromatic heterocycles. The van der Waals surface area contributed by atoms with Gasteiger partial charge in [0.05, 0.1) is 0 Å². The van der Waals surface area contributed by atoms with Crippen molar-refractivity contribution in [3.8, 4) is 0 Å². The fourth-order valence-corrected chi connectivity index (χ4v) is 3.35. The number of hydrogen-bond donors (Lipinski definition) is 1. The standard InChI is InChI=1S/C16H24N2/c1-2-7-15-13-18(11-5-8-14(15)6-1)16-9-3-4-10-17-12-16/h1-2,6-7,16-17H,3-5,8-13H2. The predicted octanol–water partition coefficient (Wildman–Crippen LogP) is 2.58. The van der Waals surface area contributed by atoms with E-state index in [-0.39, 0.29) is 0 Å². The van der Waals surface area contributed by atoms with Crippen LogP contribution in [-0.2, 0) is 13.0 Å². The van der Waals surface area contributed by atoms with Crippen LogP contribution in [0.15, 0.2) is 24.3 Å². The van der Waals surface area contributed by atoms with E-state index in [9.17, 15) is 0 Å². The van der Waals surface area contributed by atoms with E-state index in [4.69, 9.17) is 0 Å². The van der Waals surface area contributed by atoms with E-state index in [0.717, 1.165) is 12.6 Å². The molecule has 98 valence electrons. The van der Waals surface area contributed by atoms with Crippen molar-refractivity contribution >= 4 is 0 Å². The van der Waals surface area contributed by atoms with Crippen molar-refractivity contribution in [2.75, 3.05) is 19.6 Å². The Morgan fingerprint density at radius 2 is 1.94 bits per heavy atom. The minimum absolute atomic E-state index is 0.749. The summed E-state index contributed by atoms with van der Waals surface area (Å²) in [6.45, 7) is 4.81.